The Morgan fingerprint density at radius 1 is 1.12 bits per heavy atom. The van der Waals surface area contributed by atoms with Gasteiger partial charge in [-0.05, 0) is 30.3 Å². The number of rotatable bonds is 3. The Labute approximate surface area is 141 Å². The van der Waals surface area contributed by atoms with Crippen LogP contribution in [0.2, 0.25) is 5.02 Å². The van der Waals surface area contributed by atoms with Crippen LogP contribution in [0, 0.1) is 0 Å². The normalized spacial score (nSPS) is 12.0. The molecule has 1 amide bonds. The van der Waals surface area contributed by atoms with Gasteiger partial charge in [0.15, 0.2) is 9.84 Å². The van der Waals surface area contributed by atoms with E-state index in [4.69, 9.17) is 11.6 Å². The molecule has 0 heterocycles. The first-order valence-electron chi connectivity index (χ1n) is 6.47. The molecular formula is C15H11ClF3NO3S. The van der Waals surface area contributed by atoms with Gasteiger partial charge in [0.05, 0.1) is 21.0 Å². The predicted molar refractivity (Wildman–Crippen MR) is 84.0 cm³/mol. The number of carbonyl (C=O) groups is 1. The van der Waals surface area contributed by atoms with Crippen LogP contribution in [0.5, 0.6) is 0 Å². The largest absolute Gasteiger partial charge is 0.417 e. The second kappa shape index (κ2) is 6.45. The van der Waals surface area contributed by atoms with Crippen LogP contribution in [0.4, 0.5) is 18.9 Å². The van der Waals surface area contributed by atoms with E-state index in [2.05, 4.69) is 5.32 Å². The third-order valence-electron chi connectivity index (χ3n) is 3.06. The highest BCUT2D eigenvalue weighted by atomic mass is 35.5. The number of carbonyl (C=O) groups excluding carboxylic acids is 1. The molecule has 0 fully saturated rings. The summed E-state index contributed by atoms with van der Waals surface area (Å²) in [5.74, 6) is -0.841. The molecule has 0 aliphatic heterocycles. The lowest BCUT2D eigenvalue weighted by Crippen LogP contribution is -2.16. The van der Waals surface area contributed by atoms with Crippen molar-refractivity contribution >= 4 is 33.0 Å². The summed E-state index contributed by atoms with van der Waals surface area (Å²) in [7, 11) is -3.67. The summed E-state index contributed by atoms with van der Waals surface area (Å²) in [4.78, 5) is 12.0. The van der Waals surface area contributed by atoms with Gasteiger partial charge in [-0.2, -0.15) is 13.2 Å². The Balaban J connectivity index is 2.39. The number of hydrogen-bond acceptors (Lipinski definition) is 3. The molecule has 2 aromatic rings. The van der Waals surface area contributed by atoms with E-state index in [1.165, 1.54) is 30.3 Å². The van der Waals surface area contributed by atoms with Crippen LogP contribution in [0.1, 0.15) is 15.9 Å². The summed E-state index contributed by atoms with van der Waals surface area (Å²) in [6.07, 6.45) is -3.74. The minimum Gasteiger partial charge on any atom is -0.322 e. The fourth-order valence-electron chi connectivity index (χ4n) is 2.00. The van der Waals surface area contributed by atoms with Crippen LogP contribution >= 0.6 is 11.6 Å². The Bertz CT molecular complexity index is 895. The first kappa shape index (κ1) is 18.3. The summed E-state index contributed by atoms with van der Waals surface area (Å²) in [5.41, 5.74) is -1.41. The van der Waals surface area contributed by atoms with Crippen molar-refractivity contribution in [3.8, 4) is 0 Å². The van der Waals surface area contributed by atoms with Crippen LogP contribution in [0.3, 0.4) is 0 Å². The number of amides is 1. The molecule has 0 bridgehead atoms. The third kappa shape index (κ3) is 4.07. The Hall–Kier alpha value is -2.06. The summed E-state index contributed by atoms with van der Waals surface area (Å²) in [6, 6.07) is 8.29. The average molecular weight is 378 g/mol. The molecule has 2 aromatic carbocycles. The van der Waals surface area contributed by atoms with Crippen LogP contribution in [-0.2, 0) is 16.0 Å². The molecule has 0 spiro atoms. The molecule has 0 saturated carbocycles. The number of alkyl halides is 3. The number of hydrogen-bond donors (Lipinski definition) is 1. The van der Waals surface area contributed by atoms with Gasteiger partial charge in [0.1, 0.15) is 0 Å². The van der Waals surface area contributed by atoms with E-state index < -0.39 is 32.5 Å². The first-order valence-corrected chi connectivity index (χ1v) is 8.74. The van der Waals surface area contributed by atoms with Gasteiger partial charge in [0, 0.05) is 11.9 Å². The number of halogens is 4. The zero-order chi connectivity index (χ0) is 18.1. The Morgan fingerprint density at radius 2 is 1.75 bits per heavy atom. The Kier molecular flexibility index (Phi) is 4.91. The van der Waals surface area contributed by atoms with Crippen LogP contribution in [-0.4, -0.2) is 20.6 Å². The molecular weight excluding hydrogens is 367 g/mol. The SMILES string of the molecule is CS(=O)(=O)c1ccccc1C(=O)Nc1ccc(Cl)c(C(F)(F)F)c1. The lowest BCUT2D eigenvalue weighted by molar-refractivity contribution is -0.137. The average Bonchev–Trinajstić information content (AvgIpc) is 2.47. The van der Waals surface area contributed by atoms with E-state index in [1.807, 2.05) is 0 Å². The Morgan fingerprint density at radius 3 is 2.33 bits per heavy atom. The molecule has 0 unspecified atom stereocenters. The molecule has 0 aliphatic carbocycles. The molecule has 128 valence electrons. The molecule has 0 saturated heterocycles. The second-order valence-electron chi connectivity index (χ2n) is 4.91. The highest BCUT2D eigenvalue weighted by Gasteiger charge is 2.33. The van der Waals surface area contributed by atoms with Crippen LogP contribution in [0.25, 0.3) is 0 Å². The zero-order valence-corrected chi connectivity index (χ0v) is 13.8. The van der Waals surface area contributed by atoms with Crippen molar-refractivity contribution in [2.75, 3.05) is 11.6 Å². The molecule has 24 heavy (non-hydrogen) atoms. The van der Waals surface area contributed by atoms with Gasteiger partial charge < -0.3 is 5.32 Å². The van der Waals surface area contributed by atoms with Gasteiger partial charge in [-0.15, -0.1) is 0 Å². The van der Waals surface area contributed by atoms with Crippen molar-refractivity contribution in [2.24, 2.45) is 0 Å². The van der Waals surface area contributed by atoms with E-state index in [0.717, 1.165) is 12.3 Å². The quantitative estimate of drug-likeness (QED) is 0.878. The fraction of sp³-hybridized carbons (Fsp3) is 0.133. The molecule has 1 N–H and O–H groups in total. The third-order valence-corrected chi connectivity index (χ3v) is 4.55. The fourth-order valence-corrected chi connectivity index (χ4v) is 3.11. The first-order chi connectivity index (χ1) is 11.0. The highest BCUT2D eigenvalue weighted by Crippen LogP contribution is 2.36. The number of anilines is 1. The molecule has 0 aromatic heterocycles. The van der Waals surface area contributed by atoms with Gasteiger partial charge in [-0.1, -0.05) is 23.7 Å². The van der Waals surface area contributed by atoms with Crippen molar-refractivity contribution in [3.05, 3.63) is 58.6 Å². The van der Waals surface area contributed by atoms with E-state index in [0.29, 0.717) is 6.07 Å². The predicted octanol–water partition coefficient (Wildman–Crippen LogP) is 4.01. The minimum absolute atomic E-state index is 0.153. The summed E-state index contributed by atoms with van der Waals surface area (Å²) in [5, 5.41) is 1.75. The maximum Gasteiger partial charge on any atom is 0.417 e. The molecule has 9 heteroatoms. The molecule has 0 radical (unpaired) electrons. The molecule has 2 rings (SSSR count). The van der Waals surface area contributed by atoms with Crippen molar-refractivity contribution in [1.29, 1.82) is 0 Å². The van der Waals surface area contributed by atoms with E-state index in [1.54, 1.807) is 0 Å². The second-order valence-corrected chi connectivity index (χ2v) is 7.31. The monoisotopic (exact) mass is 377 g/mol. The van der Waals surface area contributed by atoms with E-state index in [9.17, 15) is 26.4 Å². The van der Waals surface area contributed by atoms with Crippen molar-refractivity contribution in [2.45, 2.75) is 11.1 Å². The molecule has 4 nitrogen and oxygen atoms in total. The minimum atomic E-state index is -4.68. The maximum absolute atomic E-state index is 12.8. The van der Waals surface area contributed by atoms with E-state index in [-0.39, 0.29) is 16.1 Å². The van der Waals surface area contributed by atoms with Gasteiger partial charge in [0.25, 0.3) is 5.91 Å². The van der Waals surface area contributed by atoms with E-state index >= 15 is 0 Å². The molecule has 0 aliphatic rings. The number of benzene rings is 2. The van der Waals surface area contributed by atoms with Crippen LogP contribution in [0.15, 0.2) is 47.4 Å². The van der Waals surface area contributed by atoms with Crippen molar-refractivity contribution in [1.82, 2.24) is 0 Å². The highest BCUT2D eigenvalue weighted by molar-refractivity contribution is 7.90. The lowest BCUT2D eigenvalue weighted by atomic mass is 10.1. The van der Waals surface area contributed by atoms with Gasteiger partial charge in [-0.3, -0.25) is 4.79 Å². The van der Waals surface area contributed by atoms with Gasteiger partial charge >= 0.3 is 6.18 Å². The summed E-state index contributed by atoms with van der Waals surface area (Å²) < 4.78 is 61.9. The summed E-state index contributed by atoms with van der Waals surface area (Å²) in [6.45, 7) is 0. The summed E-state index contributed by atoms with van der Waals surface area (Å²) >= 11 is 5.51. The number of nitrogens with one attached hydrogen (secondary N) is 1. The van der Waals surface area contributed by atoms with Crippen molar-refractivity contribution < 1.29 is 26.4 Å². The van der Waals surface area contributed by atoms with Crippen molar-refractivity contribution in [3.63, 3.8) is 0 Å². The lowest BCUT2D eigenvalue weighted by Gasteiger charge is -2.12. The zero-order valence-electron chi connectivity index (χ0n) is 12.2. The standard InChI is InChI=1S/C15H11ClF3NO3S/c1-24(22,23)13-5-3-2-4-10(13)14(21)20-9-6-7-12(16)11(8-9)15(17,18)19/h2-8H,1H3,(H,20,21). The van der Waals surface area contributed by atoms with Gasteiger partial charge in [-0.25, -0.2) is 8.42 Å². The maximum atomic E-state index is 12.8. The molecule has 0 atom stereocenters. The topological polar surface area (TPSA) is 63.2 Å². The smallest absolute Gasteiger partial charge is 0.322 e. The van der Waals surface area contributed by atoms with Crippen LogP contribution < -0.4 is 5.32 Å². The number of sulfone groups is 1. The van der Waals surface area contributed by atoms with Gasteiger partial charge in [0.2, 0.25) is 0 Å².